The van der Waals surface area contributed by atoms with Crippen molar-refractivity contribution in [3.8, 4) is 5.69 Å². The molecule has 7 heteroatoms. The minimum Gasteiger partial charge on any atom is -0.453 e. The van der Waals surface area contributed by atoms with Crippen LogP contribution in [0.3, 0.4) is 0 Å². The Morgan fingerprint density at radius 1 is 1.14 bits per heavy atom. The van der Waals surface area contributed by atoms with E-state index in [1.54, 1.807) is 18.7 Å². The van der Waals surface area contributed by atoms with Gasteiger partial charge in [0, 0.05) is 18.0 Å². The molecular formula is C22H20FN3O3. The molecule has 2 aromatic heterocycles. The number of Topliss-reactive ketones (excluding diaryl/α,β-unsaturated/α-hetero) is 1. The van der Waals surface area contributed by atoms with Gasteiger partial charge < -0.3 is 9.73 Å². The zero-order valence-corrected chi connectivity index (χ0v) is 16.3. The number of benzene rings is 2. The maximum absolute atomic E-state index is 13.5. The summed E-state index contributed by atoms with van der Waals surface area (Å²) in [5, 5.41) is 3.52. The molecular weight excluding hydrogens is 373 g/mol. The van der Waals surface area contributed by atoms with Crippen LogP contribution in [0.4, 0.5) is 10.1 Å². The number of nitrogens with zero attached hydrogens (tertiary/aromatic N) is 2. The van der Waals surface area contributed by atoms with Crippen molar-refractivity contribution in [1.82, 2.24) is 9.36 Å². The third kappa shape index (κ3) is 3.14. The number of rotatable bonds is 5. The van der Waals surface area contributed by atoms with Crippen LogP contribution < -0.4 is 10.9 Å². The van der Waals surface area contributed by atoms with Crippen LogP contribution >= 0.6 is 0 Å². The molecule has 0 atom stereocenters. The van der Waals surface area contributed by atoms with E-state index in [0.29, 0.717) is 27.9 Å². The Kier molecular flexibility index (Phi) is 4.58. The summed E-state index contributed by atoms with van der Waals surface area (Å²) < 4.78 is 22.4. The smallest absolute Gasteiger partial charge is 0.295 e. The average Bonchev–Trinajstić information content (AvgIpc) is 3.15. The van der Waals surface area contributed by atoms with Crippen molar-refractivity contribution in [2.75, 3.05) is 11.9 Å². The van der Waals surface area contributed by atoms with Gasteiger partial charge in [0.05, 0.1) is 17.9 Å². The number of carbonyl (C=O) groups excluding carboxylic acids is 1. The summed E-state index contributed by atoms with van der Waals surface area (Å²) in [5.41, 5.74) is 2.58. The fourth-order valence-corrected chi connectivity index (χ4v) is 3.48. The second kappa shape index (κ2) is 7.09. The number of aromatic nitrogens is 2. The van der Waals surface area contributed by atoms with E-state index in [1.165, 1.54) is 22.9 Å². The molecule has 0 aliphatic carbocycles. The van der Waals surface area contributed by atoms with E-state index < -0.39 is 0 Å². The molecule has 29 heavy (non-hydrogen) atoms. The van der Waals surface area contributed by atoms with Crippen molar-refractivity contribution in [2.45, 2.75) is 13.8 Å². The molecule has 0 fully saturated rings. The van der Waals surface area contributed by atoms with E-state index in [-0.39, 0.29) is 29.5 Å². The number of halogens is 1. The topological polar surface area (TPSA) is 69.2 Å². The molecule has 0 bridgehead atoms. The highest BCUT2D eigenvalue weighted by molar-refractivity contribution is 6.02. The first-order valence-corrected chi connectivity index (χ1v) is 9.18. The van der Waals surface area contributed by atoms with Crippen LogP contribution in [0.15, 0.2) is 57.7 Å². The van der Waals surface area contributed by atoms with Crippen LogP contribution in [-0.4, -0.2) is 21.7 Å². The van der Waals surface area contributed by atoms with Crippen molar-refractivity contribution in [2.24, 2.45) is 7.05 Å². The Bertz CT molecular complexity index is 1280. The molecule has 0 spiro atoms. The van der Waals surface area contributed by atoms with Crippen molar-refractivity contribution < 1.29 is 13.6 Å². The minimum atomic E-state index is -0.389. The number of anilines is 1. The predicted octanol–water partition coefficient (Wildman–Crippen LogP) is 3.97. The van der Waals surface area contributed by atoms with Gasteiger partial charge in [-0.1, -0.05) is 18.2 Å². The van der Waals surface area contributed by atoms with Crippen LogP contribution in [0, 0.1) is 19.7 Å². The highest BCUT2D eigenvalue weighted by Gasteiger charge is 2.20. The number of fused-ring (bicyclic) bond motifs is 1. The fraction of sp³-hybridized carbons (Fsp3) is 0.182. The van der Waals surface area contributed by atoms with Crippen LogP contribution in [0.25, 0.3) is 16.7 Å². The zero-order valence-electron chi connectivity index (χ0n) is 16.3. The highest BCUT2D eigenvalue weighted by atomic mass is 19.1. The Morgan fingerprint density at radius 2 is 1.86 bits per heavy atom. The number of para-hydroxylation sites is 1. The first kappa shape index (κ1) is 18.7. The standard InChI is InChI=1S/C22H20FN3O3/c1-13-17-11-15(23)9-10-19(17)29-21(13)18(27)12-24-20-14(2)25(3)26(22(20)28)16-7-5-4-6-8-16/h4-11,24H,12H2,1-3H3. The lowest BCUT2D eigenvalue weighted by Crippen LogP contribution is -2.23. The summed E-state index contributed by atoms with van der Waals surface area (Å²) in [6.07, 6.45) is 0. The third-order valence-corrected chi connectivity index (χ3v) is 5.13. The molecule has 0 unspecified atom stereocenters. The normalized spacial score (nSPS) is 11.2. The van der Waals surface area contributed by atoms with Crippen molar-refractivity contribution >= 4 is 22.4 Å². The van der Waals surface area contributed by atoms with Gasteiger partial charge in [-0.15, -0.1) is 0 Å². The summed E-state index contributed by atoms with van der Waals surface area (Å²) in [6.45, 7) is 3.41. The molecule has 1 N–H and O–H groups in total. The largest absolute Gasteiger partial charge is 0.453 e. The lowest BCUT2D eigenvalue weighted by molar-refractivity contribution is 0.0981. The van der Waals surface area contributed by atoms with Crippen molar-refractivity contribution in [3.63, 3.8) is 0 Å². The lowest BCUT2D eigenvalue weighted by Gasteiger charge is -2.07. The van der Waals surface area contributed by atoms with Gasteiger partial charge in [-0.3, -0.25) is 14.3 Å². The predicted molar refractivity (Wildman–Crippen MR) is 109 cm³/mol. The quantitative estimate of drug-likeness (QED) is 0.521. The molecule has 0 aliphatic rings. The van der Waals surface area contributed by atoms with Gasteiger partial charge in [0.25, 0.3) is 5.56 Å². The summed E-state index contributed by atoms with van der Waals surface area (Å²) >= 11 is 0. The molecule has 0 saturated heterocycles. The number of aryl methyl sites for hydroxylation is 1. The average molecular weight is 393 g/mol. The number of nitrogens with one attached hydrogen (secondary N) is 1. The lowest BCUT2D eigenvalue weighted by atomic mass is 10.1. The van der Waals surface area contributed by atoms with E-state index in [4.69, 9.17) is 4.42 Å². The Hall–Kier alpha value is -3.61. The number of ketones is 1. The Balaban J connectivity index is 1.62. The maximum atomic E-state index is 13.5. The fourth-order valence-electron chi connectivity index (χ4n) is 3.48. The number of hydrogen-bond acceptors (Lipinski definition) is 4. The van der Waals surface area contributed by atoms with Crippen LogP contribution in [-0.2, 0) is 7.05 Å². The first-order valence-electron chi connectivity index (χ1n) is 9.18. The molecule has 148 valence electrons. The molecule has 6 nitrogen and oxygen atoms in total. The van der Waals surface area contributed by atoms with Crippen LogP contribution in [0.1, 0.15) is 21.8 Å². The molecule has 0 saturated carbocycles. The Labute approximate surface area is 166 Å². The van der Waals surface area contributed by atoms with Gasteiger partial charge in [-0.05, 0) is 44.2 Å². The zero-order chi connectivity index (χ0) is 20.7. The van der Waals surface area contributed by atoms with Crippen molar-refractivity contribution in [3.05, 3.63) is 81.7 Å². The van der Waals surface area contributed by atoms with E-state index in [1.807, 2.05) is 37.3 Å². The molecule has 4 aromatic rings. The van der Waals surface area contributed by atoms with E-state index in [9.17, 15) is 14.0 Å². The summed E-state index contributed by atoms with van der Waals surface area (Å²) in [7, 11) is 1.79. The second-order valence-electron chi connectivity index (χ2n) is 6.91. The highest BCUT2D eigenvalue weighted by Crippen LogP contribution is 2.26. The van der Waals surface area contributed by atoms with E-state index >= 15 is 0 Å². The maximum Gasteiger partial charge on any atom is 0.295 e. The molecule has 0 aliphatic heterocycles. The van der Waals surface area contributed by atoms with Gasteiger partial charge >= 0.3 is 0 Å². The van der Waals surface area contributed by atoms with E-state index in [0.717, 1.165) is 5.69 Å². The van der Waals surface area contributed by atoms with Crippen molar-refractivity contribution in [1.29, 1.82) is 0 Å². The van der Waals surface area contributed by atoms with Gasteiger partial charge in [0.2, 0.25) is 5.78 Å². The Morgan fingerprint density at radius 3 is 2.59 bits per heavy atom. The number of hydrogen-bond donors (Lipinski definition) is 1. The molecule has 0 radical (unpaired) electrons. The van der Waals surface area contributed by atoms with Gasteiger partial charge in [0.15, 0.2) is 5.76 Å². The number of furan rings is 1. The number of carbonyl (C=O) groups is 1. The molecule has 2 heterocycles. The molecule has 0 amide bonds. The van der Waals surface area contributed by atoms with Crippen LogP contribution in [0.5, 0.6) is 0 Å². The summed E-state index contributed by atoms with van der Waals surface area (Å²) in [6, 6.07) is 13.4. The SMILES string of the molecule is Cc1c(C(=O)CNc2c(C)n(C)n(-c3ccccc3)c2=O)oc2ccc(F)cc12. The van der Waals surface area contributed by atoms with E-state index in [2.05, 4.69) is 5.32 Å². The third-order valence-electron chi connectivity index (χ3n) is 5.13. The molecule has 2 aromatic carbocycles. The van der Waals surface area contributed by atoms with Gasteiger partial charge in [-0.2, -0.15) is 0 Å². The summed E-state index contributed by atoms with van der Waals surface area (Å²) in [5.74, 6) is -0.539. The first-order chi connectivity index (χ1) is 13.9. The monoisotopic (exact) mass is 393 g/mol. The molecule has 4 rings (SSSR count). The van der Waals surface area contributed by atoms with Crippen LogP contribution in [0.2, 0.25) is 0 Å². The summed E-state index contributed by atoms with van der Waals surface area (Å²) in [4.78, 5) is 25.6. The van der Waals surface area contributed by atoms with Gasteiger partial charge in [-0.25, -0.2) is 9.07 Å². The van der Waals surface area contributed by atoms with Gasteiger partial charge in [0.1, 0.15) is 17.1 Å². The minimum absolute atomic E-state index is 0.113. The second-order valence-corrected chi connectivity index (χ2v) is 6.91.